The molecule has 0 unspecified atom stereocenters. The molecule has 3 rings (SSSR count). The summed E-state index contributed by atoms with van der Waals surface area (Å²) >= 11 is 5.83. The first-order valence-corrected chi connectivity index (χ1v) is 11.5. The van der Waals surface area contributed by atoms with E-state index < -0.39 is 10.0 Å². The van der Waals surface area contributed by atoms with E-state index in [-0.39, 0.29) is 16.8 Å². The standard InChI is InChI=1S/C21H25ClN2O3S/c22-17-9-11-18(12-10-17)23-21(25)15-8-16-6-13-20(14-7-16)28(26,27)24-19-4-2-1-3-5-19/h6-7,9-14,19,24H,1-5,8,15H2,(H,23,25). The fraction of sp³-hybridized carbons (Fsp3) is 0.381. The van der Waals surface area contributed by atoms with E-state index in [4.69, 9.17) is 11.6 Å². The molecule has 0 atom stereocenters. The Morgan fingerprint density at radius 2 is 1.61 bits per heavy atom. The Balaban J connectivity index is 1.52. The number of rotatable bonds is 7. The van der Waals surface area contributed by atoms with E-state index in [1.807, 2.05) is 0 Å². The van der Waals surface area contributed by atoms with Crippen molar-refractivity contribution in [2.24, 2.45) is 0 Å². The first kappa shape index (κ1) is 20.8. The van der Waals surface area contributed by atoms with Crippen molar-refractivity contribution in [3.05, 3.63) is 59.1 Å². The van der Waals surface area contributed by atoms with Crippen LogP contribution in [0.15, 0.2) is 53.4 Å². The maximum Gasteiger partial charge on any atom is 0.240 e. The van der Waals surface area contributed by atoms with E-state index in [1.54, 1.807) is 48.5 Å². The molecule has 0 heterocycles. The number of anilines is 1. The number of sulfonamides is 1. The number of benzene rings is 2. The van der Waals surface area contributed by atoms with Gasteiger partial charge in [-0.1, -0.05) is 43.0 Å². The van der Waals surface area contributed by atoms with E-state index in [2.05, 4.69) is 10.0 Å². The van der Waals surface area contributed by atoms with Crippen LogP contribution in [0.5, 0.6) is 0 Å². The zero-order valence-corrected chi connectivity index (χ0v) is 17.2. The maximum absolute atomic E-state index is 12.5. The number of hydrogen-bond donors (Lipinski definition) is 2. The number of carbonyl (C=O) groups excluding carboxylic acids is 1. The molecule has 2 aromatic rings. The van der Waals surface area contributed by atoms with Gasteiger partial charge in [0.15, 0.2) is 0 Å². The summed E-state index contributed by atoms with van der Waals surface area (Å²) in [6, 6.07) is 13.7. The number of nitrogens with one attached hydrogen (secondary N) is 2. The Bertz CT molecular complexity index is 890. The molecule has 0 aliphatic heterocycles. The van der Waals surface area contributed by atoms with Gasteiger partial charge in [-0.2, -0.15) is 0 Å². The molecule has 1 aliphatic rings. The molecule has 0 bridgehead atoms. The van der Waals surface area contributed by atoms with Gasteiger partial charge in [-0.25, -0.2) is 13.1 Å². The second-order valence-corrected chi connectivity index (χ2v) is 9.31. The van der Waals surface area contributed by atoms with Crippen molar-refractivity contribution < 1.29 is 13.2 Å². The fourth-order valence-corrected chi connectivity index (χ4v) is 4.79. The van der Waals surface area contributed by atoms with Gasteiger partial charge in [-0.05, 0) is 61.2 Å². The highest BCUT2D eigenvalue weighted by Gasteiger charge is 2.21. The molecule has 0 radical (unpaired) electrons. The Labute approximate surface area is 171 Å². The van der Waals surface area contributed by atoms with Gasteiger partial charge >= 0.3 is 0 Å². The first-order valence-electron chi connectivity index (χ1n) is 9.59. The van der Waals surface area contributed by atoms with E-state index in [9.17, 15) is 13.2 Å². The summed E-state index contributed by atoms with van der Waals surface area (Å²) in [6.45, 7) is 0. The Morgan fingerprint density at radius 1 is 0.964 bits per heavy atom. The minimum absolute atomic E-state index is 0.0370. The lowest BCUT2D eigenvalue weighted by atomic mass is 9.96. The lowest BCUT2D eigenvalue weighted by Gasteiger charge is -2.22. The molecule has 1 fully saturated rings. The topological polar surface area (TPSA) is 75.3 Å². The van der Waals surface area contributed by atoms with Crippen LogP contribution in [-0.4, -0.2) is 20.4 Å². The van der Waals surface area contributed by atoms with Gasteiger partial charge in [0.1, 0.15) is 0 Å². The Kier molecular flexibility index (Phi) is 7.10. The normalized spacial score (nSPS) is 15.3. The van der Waals surface area contributed by atoms with Crippen LogP contribution in [0.4, 0.5) is 5.69 Å². The molecule has 2 N–H and O–H groups in total. The molecule has 28 heavy (non-hydrogen) atoms. The summed E-state index contributed by atoms with van der Waals surface area (Å²) in [7, 11) is -3.49. The van der Waals surface area contributed by atoms with Crippen molar-refractivity contribution in [2.75, 3.05) is 5.32 Å². The lowest BCUT2D eigenvalue weighted by molar-refractivity contribution is -0.116. The maximum atomic E-state index is 12.5. The van der Waals surface area contributed by atoms with Crippen LogP contribution >= 0.6 is 11.6 Å². The predicted octanol–water partition coefficient (Wildman–Crippen LogP) is 4.52. The highest BCUT2D eigenvalue weighted by molar-refractivity contribution is 7.89. The summed E-state index contributed by atoms with van der Waals surface area (Å²) in [6.07, 6.45) is 5.98. The van der Waals surface area contributed by atoms with Gasteiger partial charge in [-0.3, -0.25) is 4.79 Å². The third kappa shape index (κ3) is 6.06. The van der Waals surface area contributed by atoms with Crippen LogP contribution in [-0.2, 0) is 21.2 Å². The van der Waals surface area contributed by atoms with Crippen molar-refractivity contribution in [1.29, 1.82) is 0 Å². The molecule has 1 aliphatic carbocycles. The quantitative estimate of drug-likeness (QED) is 0.691. The zero-order chi connectivity index (χ0) is 20.0. The van der Waals surface area contributed by atoms with Crippen LogP contribution in [0.2, 0.25) is 5.02 Å². The molecular weight excluding hydrogens is 396 g/mol. The molecular formula is C21H25ClN2O3S. The Morgan fingerprint density at radius 3 is 2.25 bits per heavy atom. The molecule has 150 valence electrons. The first-order chi connectivity index (χ1) is 13.4. The SMILES string of the molecule is O=C(CCc1ccc(S(=O)(=O)NC2CCCCC2)cc1)Nc1ccc(Cl)cc1. The van der Waals surface area contributed by atoms with Crippen LogP contribution in [0.25, 0.3) is 0 Å². The fourth-order valence-electron chi connectivity index (χ4n) is 3.36. The van der Waals surface area contributed by atoms with Crippen molar-refractivity contribution in [3.8, 4) is 0 Å². The summed E-state index contributed by atoms with van der Waals surface area (Å²) < 4.78 is 27.9. The van der Waals surface area contributed by atoms with E-state index >= 15 is 0 Å². The zero-order valence-electron chi connectivity index (χ0n) is 15.7. The smallest absolute Gasteiger partial charge is 0.240 e. The molecule has 5 nitrogen and oxygen atoms in total. The molecule has 0 aromatic heterocycles. The van der Waals surface area contributed by atoms with Crippen LogP contribution in [0.1, 0.15) is 44.1 Å². The highest BCUT2D eigenvalue weighted by Crippen LogP contribution is 2.20. The number of amides is 1. The average Bonchev–Trinajstić information content (AvgIpc) is 2.69. The second-order valence-electron chi connectivity index (χ2n) is 7.16. The molecule has 7 heteroatoms. The van der Waals surface area contributed by atoms with Crippen molar-refractivity contribution in [3.63, 3.8) is 0 Å². The molecule has 1 amide bonds. The lowest BCUT2D eigenvalue weighted by Crippen LogP contribution is -2.36. The third-order valence-electron chi connectivity index (χ3n) is 4.93. The number of aryl methyl sites for hydroxylation is 1. The Hall–Kier alpha value is -1.89. The summed E-state index contributed by atoms with van der Waals surface area (Å²) in [5.74, 6) is -0.0991. The molecule has 0 spiro atoms. The van der Waals surface area contributed by atoms with Gasteiger partial charge in [0.25, 0.3) is 0 Å². The molecule has 1 saturated carbocycles. The van der Waals surface area contributed by atoms with E-state index in [1.165, 1.54) is 6.42 Å². The van der Waals surface area contributed by atoms with Crippen LogP contribution in [0.3, 0.4) is 0 Å². The van der Waals surface area contributed by atoms with Crippen LogP contribution in [0, 0.1) is 0 Å². The predicted molar refractivity (Wildman–Crippen MR) is 112 cm³/mol. The van der Waals surface area contributed by atoms with Gasteiger partial charge in [-0.15, -0.1) is 0 Å². The largest absolute Gasteiger partial charge is 0.326 e. The second kappa shape index (κ2) is 9.54. The summed E-state index contributed by atoms with van der Waals surface area (Å²) in [4.78, 5) is 12.3. The summed E-state index contributed by atoms with van der Waals surface area (Å²) in [5.41, 5.74) is 1.62. The monoisotopic (exact) mass is 420 g/mol. The van der Waals surface area contributed by atoms with Gasteiger partial charge in [0, 0.05) is 23.2 Å². The van der Waals surface area contributed by atoms with E-state index in [0.29, 0.717) is 23.6 Å². The van der Waals surface area contributed by atoms with Crippen molar-refractivity contribution >= 4 is 33.2 Å². The van der Waals surface area contributed by atoms with Gasteiger partial charge < -0.3 is 5.32 Å². The van der Waals surface area contributed by atoms with E-state index in [0.717, 1.165) is 31.2 Å². The van der Waals surface area contributed by atoms with Crippen molar-refractivity contribution in [2.45, 2.75) is 55.9 Å². The highest BCUT2D eigenvalue weighted by atomic mass is 35.5. The molecule has 2 aromatic carbocycles. The number of hydrogen-bond acceptors (Lipinski definition) is 3. The number of carbonyl (C=O) groups is 1. The van der Waals surface area contributed by atoms with Gasteiger partial charge in [0.05, 0.1) is 4.90 Å². The minimum Gasteiger partial charge on any atom is -0.326 e. The number of halogens is 1. The van der Waals surface area contributed by atoms with Crippen molar-refractivity contribution in [1.82, 2.24) is 4.72 Å². The van der Waals surface area contributed by atoms with Gasteiger partial charge in [0.2, 0.25) is 15.9 Å². The average molecular weight is 421 g/mol. The summed E-state index contributed by atoms with van der Waals surface area (Å²) in [5, 5.41) is 3.43. The third-order valence-corrected chi connectivity index (χ3v) is 6.72. The van der Waals surface area contributed by atoms with Crippen LogP contribution < -0.4 is 10.0 Å². The minimum atomic E-state index is -3.49. The molecule has 0 saturated heterocycles.